The van der Waals surface area contributed by atoms with Crippen LogP contribution >= 0.6 is 11.6 Å². The number of rotatable bonds is 3. The first-order chi connectivity index (χ1) is 8.24. The summed E-state index contributed by atoms with van der Waals surface area (Å²) >= 11 is 5.85. The molecule has 0 aliphatic carbocycles. The molecule has 0 heterocycles. The van der Waals surface area contributed by atoms with Gasteiger partial charge in [-0.2, -0.15) is 0 Å². The number of hydrogen-bond acceptors (Lipinski definition) is 1. The first kappa shape index (κ1) is 11.7. The van der Waals surface area contributed by atoms with Crippen LogP contribution in [-0.2, 0) is 6.54 Å². The van der Waals surface area contributed by atoms with Gasteiger partial charge in [-0.05, 0) is 18.2 Å². The number of benzene rings is 2. The van der Waals surface area contributed by atoms with Crippen LogP contribution in [0.25, 0.3) is 0 Å². The van der Waals surface area contributed by atoms with Crippen LogP contribution in [0.5, 0.6) is 0 Å². The van der Waals surface area contributed by atoms with Gasteiger partial charge in [0.05, 0.1) is 0 Å². The van der Waals surface area contributed by atoms with Crippen molar-refractivity contribution in [3.63, 3.8) is 0 Å². The van der Waals surface area contributed by atoms with Gasteiger partial charge in [-0.3, -0.25) is 0 Å². The minimum absolute atomic E-state index is 0.341. The van der Waals surface area contributed by atoms with E-state index in [9.17, 15) is 5.21 Å². The number of nitrogens with zero attached hydrogens (tertiary/aromatic N) is 1. The van der Waals surface area contributed by atoms with Crippen LogP contribution < -0.4 is 0 Å². The highest BCUT2D eigenvalue weighted by atomic mass is 35.5. The molecule has 2 aromatic carbocycles. The Morgan fingerprint density at radius 1 is 1.06 bits per heavy atom. The lowest BCUT2D eigenvalue weighted by Crippen LogP contribution is -2.05. The molecule has 0 unspecified atom stereocenters. The lowest BCUT2D eigenvalue weighted by molar-refractivity contribution is -0.469. The Kier molecular flexibility index (Phi) is 3.78. The van der Waals surface area contributed by atoms with Crippen molar-refractivity contribution in [3.05, 3.63) is 76.0 Å². The summed E-state index contributed by atoms with van der Waals surface area (Å²) in [6.45, 7) is 0.341. The van der Waals surface area contributed by atoms with E-state index in [-0.39, 0.29) is 0 Å². The quantitative estimate of drug-likeness (QED) is 0.352. The maximum Gasteiger partial charge on any atom is 0.182 e. The molecule has 0 saturated heterocycles. The molecule has 0 aliphatic heterocycles. The number of halogens is 1. The van der Waals surface area contributed by atoms with E-state index in [0.29, 0.717) is 11.6 Å². The summed E-state index contributed by atoms with van der Waals surface area (Å²) in [5.41, 5.74) is 1.80. The van der Waals surface area contributed by atoms with Crippen molar-refractivity contribution >= 4 is 17.8 Å². The van der Waals surface area contributed by atoms with Crippen LogP contribution in [0.2, 0.25) is 5.02 Å². The van der Waals surface area contributed by atoms with E-state index in [1.165, 1.54) is 0 Å². The van der Waals surface area contributed by atoms with Gasteiger partial charge in [0, 0.05) is 16.1 Å². The summed E-state index contributed by atoms with van der Waals surface area (Å²) in [5, 5.41) is 12.3. The summed E-state index contributed by atoms with van der Waals surface area (Å²) in [4.78, 5) is 0. The number of hydroxylamine groups is 1. The topological polar surface area (TPSA) is 26.1 Å². The molecular weight excluding hydrogens is 234 g/mol. The monoisotopic (exact) mass is 245 g/mol. The Labute approximate surface area is 105 Å². The Bertz CT molecular complexity index is 523. The molecule has 0 spiro atoms. The SMILES string of the molecule is [O-][N+](=Cc1cccc(Cl)c1)Cc1ccccc1. The molecule has 0 amide bonds. The maximum absolute atomic E-state index is 11.7. The Morgan fingerprint density at radius 3 is 2.53 bits per heavy atom. The molecule has 2 aromatic rings. The zero-order chi connectivity index (χ0) is 12.1. The van der Waals surface area contributed by atoms with Crippen LogP contribution in [0.1, 0.15) is 11.1 Å². The standard InChI is InChI=1S/C14H12ClNO/c15-14-8-4-7-13(9-14)11-16(17)10-12-5-2-1-3-6-12/h1-9,11H,10H2. The van der Waals surface area contributed by atoms with E-state index < -0.39 is 0 Å². The van der Waals surface area contributed by atoms with Gasteiger partial charge in [-0.15, -0.1) is 0 Å². The van der Waals surface area contributed by atoms with E-state index in [0.717, 1.165) is 15.9 Å². The molecule has 0 aliphatic rings. The van der Waals surface area contributed by atoms with Gasteiger partial charge in [0.25, 0.3) is 0 Å². The summed E-state index contributed by atoms with van der Waals surface area (Å²) in [6, 6.07) is 16.8. The highest BCUT2D eigenvalue weighted by molar-refractivity contribution is 6.30. The van der Waals surface area contributed by atoms with E-state index in [1.54, 1.807) is 18.3 Å². The maximum atomic E-state index is 11.7. The van der Waals surface area contributed by atoms with Gasteiger partial charge in [0.2, 0.25) is 0 Å². The zero-order valence-electron chi connectivity index (χ0n) is 9.21. The van der Waals surface area contributed by atoms with Crippen molar-refractivity contribution in [2.24, 2.45) is 0 Å². The Balaban J connectivity index is 2.12. The minimum Gasteiger partial charge on any atom is -0.624 e. The van der Waals surface area contributed by atoms with Gasteiger partial charge < -0.3 is 5.21 Å². The van der Waals surface area contributed by atoms with Gasteiger partial charge >= 0.3 is 0 Å². The third-order valence-corrected chi connectivity index (χ3v) is 2.56. The second kappa shape index (κ2) is 5.51. The van der Waals surface area contributed by atoms with Crippen molar-refractivity contribution in [1.82, 2.24) is 0 Å². The molecule has 17 heavy (non-hydrogen) atoms. The molecule has 2 rings (SSSR count). The molecule has 0 aromatic heterocycles. The fourth-order valence-electron chi connectivity index (χ4n) is 1.56. The molecule has 0 fully saturated rings. The first-order valence-electron chi connectivity index (χ1n) is 5.32. The minimum atomic E-state index is 0.341. The van der Waals surface area contributed by atoms with Crippen molar-refractivity contribution in [2.75, 3.05) is 0 Å². The van der Waals surface area contributed by atoms with Crippen molar-refractivity contribution in [3.8, 4) is 0 Å². The summed E-state index contributed by atoms with van der Waals surface area (Å²) < 4.78 is 0.904. The number of hydrogen-bond donors (Lipinski definition) is 0. The molecule has 86 valence electrons. The van der Waals surface area contributed by atoms with Crippen LogP contribution in [0.15, 0.2) is 54.6 Å². The third kappa shape index (κ3) is 3.61. The highest BCUT2D eigenvalue weighted by Gasteiger charge is 1.99. The second-order valence-electron chi connectivity index (χ2n) is 3.74. The van der Waals surface area contributed by atoms with Crippen LogP contribution in [-0.4, -0.2) is 11.0 Å². The Hall–Kier alpha value is -1.80. The average Bonchev–Trinajstić information content (AvgIpc) is 2.30. The predicted octanol–water partition coefficient (Wildman–Crippen LogP) is 3.47. The molecule has 0 bridgehead atoms. The van der Waals surface area contributed by atoms with Crippen LogP contribution in [0.4, 0.5) is 0 Å². The van der Waals surface area contributed by atoms with Crippen molar-refractivity contribution in [1.29, 1.82) is 0 Å². The molecule has 0 saturated carbocycles. The molecular formula is C14H12ClNO. The van der Waals surface area contributed by atoms with Crippen LogP contribution in [0.3, 0.4) is 0 Å². The normalized spacial score (nSPS) is 11.5. The molecule has 0 radical (unpaired) electrons. The third-order valence-electron chi connectivity index (χ3n) is 2.32. The van der Waals surface area contributed by atoms with Gasteiger partial charge in [0.1, 0.15) is 0 Å². The zero-order valence-corrected chi connectivity index (χ0v) is 9.97. The summed E-state index contributed by atoms with van der Waals surface area (Å²) in [6.07, 6.45) is 1.54. The lowest BCUT2D eigenvalue weighted by Gasteiger charge is -2.04. The average molecular weight is 246 g/mol. The summed E-state index contributed by atoms with van der Waals surface area (Å²) in [7, 11) is 0. The fourth-order valence-corrected chi connectivity index (χ4v) is 1.76. The molecule has 2 nitrogen and oxygen atoms in total. The van der Waals surface area contributed by atoms with Crippen LogP contribution in [0, 0.1) is 5.21 Å². The van der Waals surface area contributed by atoms with E-state index in [4.69, 9.17) is 11.6 Å². The van der Waals surface area contributed by atoms with E-state index in [2.05, 4.69) is 0 Å². The summed E-state index contributed by atoms with van der Waals surface area (Å²) in [5.74, 6) is 0. The predicted molar refractivity (Wildman–Crippen MR) is 70.4 cm³/mol. The largest absolute Gasteiger partial charge is 0.624 e. The van der Waals surface area contributed by atoms with Gasteiger partial charge in [-0.1, -0.05) is 48.0 Å². The molecule has 3 heteroatoms. The van der Waals surface area contributed by atoms with Gasteiger partial charge in [0.15, 0.2) is 12.8 Å². The van der Waals surface area contributed by atoms with Crippen molar-refractivity contribution < 1.29 is 4.74 Å². The second-order valence-corrected chi connectivity index (χ2v) is 4.18. The Morgan fingerprint density at radius 2 is 1.82 bits per heavy atom. The fraction of sp³-hybridized carbons (Fsp3) is 0.0714. The molecule has 0 atom stereocenters. The van der Waals surface area contributed by atoms with E-state index in [1.807, 2.05) is 42.5 Å². The lowest BCUT2D eigenvalue weighted by atomic mass is 10.2. The molecule has 0 N–H and O–H groups in total. The van der Waals surface area contributed by atoms with E-state index >= 15 is 0 Å². The van der Waals surface area contributed by atoms with Gasteiger partial charge in [-0.25, -0.2) is 4.74 Å². The van der Waals surface area contributed by atoms with Crippen molar-refractivity contribution in [2.45, 2.75) is 6.54 Å². The highest BCUT2D eigenvalue weighted by Crippen LogP contribution is 2.09. The first-order valence-corrected chi connectivity index (χ1v) is 5.70. The smallest absolute Gasteiger partial charge is 0.182 e.